The van der Waals surface area contributed by atoms with Crippen molar-refractivity contribution in [3.05, 3.63) is 0 Å². The standard InChI is InChI=1S/C4H12O6P2S2.4Na.4H/c1-3-9-11(5,6)13-14-12(7,8)10-4-2;;;;;;;;/h3-4H2,1-2H3,(H,5,6)(H,7,8);;;;;;;;/q;4*+1;4*-1. The molecular formula is C4H16Na4O6P2S2. The average Bonchev–Trinajstić information content (AvgIpc) is 2.01. The molecule has 94 valence electrons. The molecule has 0 aromatic rings. The van der Waals surface area contributed by atoms with E-state index in [2.05, 4.69) is 9.05 Å². The van der Waals surface area contributed by atoms with Gasteiger partial charge in [-0.2, -0.15) is 0 Å². The molecule has 0 aliphatic heterocycles. The van der Waals surface area contributed by atoms with Gasteiger partial charge in [-0.15, -0.1) is 0 Å². The van der Waals surface area contributed by atoms with Crippen molar-refractivity contribution in [2.24, 2.45) is 0 Å². The summed E-state index contributed by atoms with van der Waals surface area (Å²) in [5.41, 5.74) is 0. The Morgan fingerprint density at radius 1 is 0.889 bits per heavy atom. The minimum absolute atomic E-state index is 0. The van der Waals surface area contributed by atoms with Crippen LogP contribution in [-0.2, 0) is 18.2 Å². The molecule has 2 unspecified atom stereocenters. The number of rotatable bonds is 7. The van der Waals surface area contributed by atoms with Crippen LogP contribution in [0.2, 0.25) is 0 Å². The third-order valence-corrected chi connectivity index (χ3v) is 10.2. The summed E-state index contributed by atoms with van der Waals surface area (Å²) in [4.78, 5) is 18.1. The molecule has 0 aliphatic rings. The van der Waals surface area contributed by atoms with Gasteiger partial charge >= 0.3 is 132 Å². The smallest absolute Gasteiger partial charge is 1.00 e. The first kappa shape index (κ1) is 34.4. The minimum Gasteiger partial charge on any atom is -1.00 e. The van der Waals surface area contributed by atoms with Crippen LogP contribution in [0, 0.1) is 0 Å². The molecule has 6 nitrogen and oxygen atoms in total. The maximum atomic E-state index is 11.1. The summed E-state index contributed by atoms with van der Waals surface area (Å²) in [6.07, 6.45) is 0. The van der Waals surface area contributed by atoms with Gasteiger partial charge in [-0.3, -0.25) is 0 Å². The van der Waals surface area contributed by atoms with Gasteiger partial charge in [0.1, 0.15) is 0 Å². The van der Waals surface area contributed by atoms with Crippen molar-refractivity contribution in [2.45, 2.75) is 13.8 Å². The topological polar surface area (TPSA) is 93.1 Å². The number of hydrogen-bond acceptors (Lipinski definition) is 6. The molecule has 2 N–H and O–H groups in total. The summed E-state index contributed by atoms with van der Waals surface area (Å²) in [6.45, 7) is -4.47. The van der Waals surface area contributed by atoms with Crippen LogP contribution >= 0.6 is 34.4 Å². The second-order valence-electron chi connectivity index (χ2n) is 1.92. The van der Waals surface area contributed by atoms with E-state index in [0.717, 1.165) is 0 Å². The van der Waals surface area contributed by atoms with Crippen molar-refractivity contribution >= 4 is 34.4 Å². The summed E-state index contributed by atoms with van der Waals surface area (Å²) in [7, 11) is 0.635. The molecule has 0 rings (SSSR count). The van der Waals surface area contributed by atoms with E-state index in [4.69, 9.17) is 9.79 Å². The van der Waals surface area contributed by atoms with Crippen LogP contribution in [0.25, 0.3) is 0 Å². The molecule has 18 heavy (non-hydrogen) atoms. The summed E-state index contributed by atoms with van der Waals surface area (Å²) in [5.74, 6) is 0. The summed E-state index contributed by atoms with van der Waals surface area (Å²) < 4.78 is 31.0. The van der Waals surface area contributed by atoms with Crippen molar-refractivity contribution in [3.8, 4) is 0 Å². The van der Waals surface area contributed by atoms with E-state index in [1.54, 1.807) is 13.8 Å². The Kier molecular flexibility index (Phi) is 35.0. The fourth-order valence-electron chi connectivity index (χ4n) is 0.454. The zero-order chi connectivity index (χ0) is 11.2. The molecule has 0 amide bonds. The van der Waals surface area contributed by atoms with E-state index in [1.165, 1.54) is 0 Å². The van der Waals surface area contributed by atoms with Gasteiger partial charge < -0.3 is 24.5 Å². The number of hydrogen-bond donors (Lipinski definition) is 2. The third kappa shape index (κ3) is 21.0. The molecule has 14 heteroatoms. The predicted octanol–water partition coefficient (Wildman–Crippen LogP) is -8.89. The fourth-order valence-corrected chi connectivity index (χ4v) is 9.60. The van der Waals surface area contributed by atoms with Gasteiger partial charge in [0, 0.05) is 20.8 Å². The van der Waals surface area contributed by atoms with Crippen LogP contribution in [0.4, 0.5) is 0 Å². The molecule has 2 atom stereocenters. The summed E-state index contributed by atoms with van der Waals surface area (Å²) >= 11 is 0. The van der Waals surface area contributed by atoms with Crippen LogP contribution in [0.15, 0.2) is 0 Å². The molecule has 0 fully saturated rings. The quantitative estimate of drug-likeness (QED) is 0.256. The van der Waals surface area contributed by atoms with Crippen molar-refractivity contribution in [1.82, 2.24) is 0 Å². The Bertz CT molecular complexity index is 261. The molecule has 0 aliphatic carbocycles. The van der Waals surface area contributed by atoms with Crippen molar-refractivity contribution in [2.75, 3.05) is 13.2 Å². The van der Waals surface area contributed by atoms with Gasteiger partial charge in [0.15, 0.2) is 0 Å². The van der Waals surface area contributed by atoms with E-state index < -0.39 is 13.6 Å². The second kappa shape index (κ2) is 18.3. The van der Waals surface area contributed by atoms with E-state index >= 15 is 0 Å². The van der Waals surface area contributed by atoms with Gasteiger partial charge in [0.25, 0.3) is 0 Å². The van der Waals surface area contributed by atoms with Crippen LogP contribution in [0.1, 0.15) is 19.6 Å². The first-order valence-corrected chi connectivity index (χ1v) is 10.2. The van der Waals surface area contributed by atoms with E-state index in [-0.39, 0.29) is 137 Å². The minimum atomic E-state index is -3.85. The van der Waals surface area contributed by atoms with Gasteiger partial charge in [0.05, 0.1) is 13.2 Å². The molecule has 0 aromatic carbocycles. The molecule has 0 spiro atoms. The predicted molar refractivity (Wildman–Crippen MR) is 62.5 cm³/mol. The summed E-state index contributed by atoms with van der Waals surface area (Å²) in [5, 5.41) is 0. The molecule has 0 radical (unpaired) electrons. The average molecular weight is 378 g/mol. The molecular weight excluding hydrogens is 362 g/mol. The molecule has 0 saturated carbocycles. The van der Waals surface area contributed by atoms with Gasteiger partial charge in [-0.1, -0.05) is 0 Å². The van der Waals surface area contributed by atoms with Crippen molar-refractivity contribution in [1.29, 1.82) is 0 Å². The largest absolute Gasteiger partial charge is 1.00 e. The van der Waals surface area contributed by atoms with E-state index in [9.17, 15) is 9.13 Å². The Balaban J connectivity index is -0.0000000302. The van der Waals surface area contributed by atoms with Gasteiger partial charge in [-0.25, -0.2) is 9.13 Å². The third-order valence-electron chi connectivity index (χ3n) is 0.806. The fraction of sp³-hybridized carbons (Fsp3) is 1.00. The van der Waals surface area contributed by atoms with E-state index in [0.29, 0.717) is 20.8 Å². The van der Waals surface area contributed by atoms with Crippen molar-refractivity contribution < 1.29 is 152 Å². The van der Waals surface area contributed by atoms with Crippen molar-refractivity contribution in [3.63, 3.8) is 0 Å². The van der Waals surface area contributed by atoms with Gasteiger partial charge in [-0.05, 0) is 13.8 Å². The Morgan fingerprint density at radius 2 is 1.11 bits per heavy atom. The first-order valence-electron chi connectivity index (χ1n) is 3.65. The van der Waals surface area contributed by atoms with Crippen LogP contribution in [0.5, 0.6) is 0 Å². The first-order chi connectivity index (χ1) is 6.33. The van der Waals surface area contributed by atoms with E-state index in [1.807, 2.05) is 0 Å². The molecule has 0 heterocycles. The Morgan fingerprint density at radius 3 is 1.28 bits per heavy atom. The molecule has 0 aromatic heterocycles. The zero-order valence-corrected chi connectivity index (χ0v) is 23.1. The van der Waals surface area contributed by atoms with Crippen LogP contribution in [-0.4, -0.2) is 23.0 Å². The Labute approximate surface area is 209 Å². The molecule has 0 saturated heterocycles. The summed E-state index contributed by atoms with van der Waals surface area (Å²) in [6, 6.07) is 0. The monoisotopic (exact) mass is 378 g/mol. The van der Waals surface area contributed by atoms with Crippen LogP contribution in [0.3, 0.4) is 0 Å². The maximum absolute atomic E-state index is 11.1. The molecule has 0 bridgehead atoms. The van der Waals surface area contributed by atoms with Gasteiger partial charge in [0.2, 0.25) is 0 Å². The SMILES string of the molecule is CCOP(=O)(O)SSP(=O)(O)OCC.[H-].[H-].[H-].[H-].[Na+].[Na+].[Na+].[Na+]. The maximum Gasteiger partial charge on any atom is 1.00 e. The second-order valence-corrected chi connectivity index (χ2v) is 11.0. The Hall–Kier alpha value is 5.00. The van der Waals surface area contributed by atoms with Crippen LogP contribution < -0.4 is 118 Å². The normalized spacial score (nSPS) is 15.6. The zero-order valence-electron chi connectivity index (χ0n) is 15.7.